The van der Waals surface area contributed by atoms with E-state index >= 15 is 0 Å². The summed E-state index contributed by atoms with van der Waals surface area (Å²) in [5.41, 5.74) is -0.298. The van der Waals surface area contributed by atoms with Gasteiger partial charge in [0, 0.05) is 25.2 Å². The number of carbonyl (C=O) groups is 3. The standard InChI is InChI=1S/C23H34O5/c1-13(24)28-12-20(27)18-7-6-17-16-5-4-14-10-15(25)8-9-22(14,2)21(16)19(26)11-23(17,18)3/h14-18,21,25H,4-12H2,1-3H3/t14-,15-,16+,17+,18-,21-,22+,23+/m1/s1. The van der Waals surface area contributed by atoms with Crippen LogP contribution in [-0.2, 0) is 19.1 Å². The van der Waals surface area contributed by atoms with Crippen LogP contribution in [-0.4, -0.2) is 35.4 Å². The van der Waals surface area contributed by atoms with Crippen molar-refractivity contribution in [2.45, 2.75) is 78.2 Å². The molecule has 0 aromatic heterocycles. The molecule has 0 aromatic carbocycles. The molecule has 4 aliphatic rings. The molecule has 4 fully saturated rings. The summed E-state index contributed by atoms with van der Waals surface area (Å²) in [7, 11) is 0. The van der Waals surface area contributed by atoms with Gasteiger partial charge in [-0.25, -0.2) is 0 Å². The number of aliphatic hydroxyl groups excluding tert-OH is 1. The van der Waals surface area contributed by atoms with Gasteiger partial charge in [-0.05, 0) is 73.5 Å². The lowest BCUT2D eigenvalue weighted by Gasteiger charge is -2.59. The van der Waals surface area contributed by atoms with Gasteiger partial charge < -0.3 is 9.84 Å². The minimum absolute atomic E-state index is 0.000393. The van der Waals surface area contributed by atoms with Gasteiger partial charge in [-0.3, -0.25) is 14.4 Å². The van der Waals surface area contributed by atoms with E-state index in [1.807, 2.05) is 0 Å². The lowest BCUT2D eigenvalue weighted by Crippen LogP contribution is -2.58. The quantitative estimate of drug-likeness (QED) is 0.748. The molecule has 0 saturated heterocycles. The molecule has 4 rings (SSSR count). The zero-order valence-electron chi connectivity index (χ0n) is 17.4. The van der Waals surface area contributed by atoms with Crippen LogP contribution in [0.5, 0.6) is 0 Å². The van der Waals surface area contributed by atoms with E-state index in [1.165, 1.54) is 6.92 Å². The van der Waals surface area contributed by atoms with E-state index in [0.29, 0.717) is 30.0 Å². The monoisotopic (exact) mass is 390 g/mol. The smallest absolute Gasteiger partial charge is 0.303 e. The highest BCUT2D eigenvalue weighted by Gasteiger charge is 2.64. The third-order valence-electron chi connectivity index (χ3n) is 9.13. The predicted molar refractivity (Wildman–Crippen MR) is 103 cm³/mol. The Kier molecular flexibility index (Phi) is 4.96. The molecule has 0 aliphatic heterocycles. The van der Waals surface area contributed by atoms with Gasteiger partial charge in [0.25, 0.3) is 0 Å². The third-order valence-corrected chi connectivity index (χ3v) is 9.13. The summed E-state index contributed by atoms with van der Waals surface area (Å²) in [6.45, 7) is 5.58. The van der Waals surface area contributed by atoms with Crippen molar-refractivity contribution in [2.75, 3.05) is 6.61 Å². The fourth-order valence-electron chi connectivity index (χ4n) is 7.85. The molecule has 28 heavy (non-hydrogen) atoms. The number of esters is 1. The van der Waals surface area contributed by atoms with Gasteiger partial charge in [-0.2, -0.15) is 0 Å². The van der Waals surface area contributed by atoms with E-state index in [9.17, 15) is 19.5 Å². The van der Waals surface area contributed by atoms with Crippen LogP contribution in [0.1, 0.15) is 72.1 Å². The summed E-state index contributed by atoms with van der Waals surface area (Å²) in [5.74, 6) is 0.971. The average Bonchev–Trinajstić information content (AvgIpc) is 2.96. The maximum Gasteiger partial charge on any atom is 0.303 e. The van der Waals surface area contributed by atoms with Crippen LogP contribution in [0.2, 0.25) is 0 Å². The lowest BCUT2D eigenvalue weighted by molar-refractivity contribution is -0.163. The average molecular weight is 391 g/mol. The van der Waals surface area contributed by atoms with Crippen molar-refractivity contribution in [1.82, 2.24) is 0 Å². The molecule has 0 aromatic rings. The SMILES string of the molecule is CC(=O)OCC(=O)[C@H]1CC[C@H]2[C@@H]3CC[C@@H]4C[C@H](O)CC[C@]4(C)[C@H]3C(=O)C[C@]12C. The Hall–Kier alpha value is -1.23. The molecule has 0 radical (unpaired) electrons. The van der Waals surface area contributed by atoms with Gasteiger partial charge in [-0.1, -0.05) is 13.8 Å². The first kappa shape index (κ1) is 20.1. The molecule has 0 amide bonds. The van der Waals surface area contributed by atoms with E-state index in [-0.39, 0.29) is 41.2 Å². The van der Waals surface area contributed by atoms with Gasteiger partial charge in [0.05, 0.1) is 6.10 Å². The zero-order chi connectivity index (χ0) is 20.3. The molecular weight excluding hydrogens is 356 g/mol. The minimum atomic E-state index is -0.432. The minimum Gasteiger partial charge on any atom is -0.458 e. The highest BCUT2D eigenvalue weighted by Crippen LogP contribution is 2.66. The van der Waals surface area contributed by atoms with E-state index in [4.69, 9.17) is 4.74 Å². The van der Waals surface area contributed by atoms with Crippen LogP contribution in [0.3, 0.4) is 0 Å². The summed E-state index contributed by atoms with van der Waals surface area (Å²) < 4.78 is 4.97. The molecule has 0 heterocycles. The van der Waals surface area contributed by atoms with Crippen LogP contribution < -0.4 is 0 Å². The van der Waals surface area contributed by atoms with Crippen LogP contribution in [0.15, 0.2) is 0 Å². The first-order valence-electron chi connectivity index (χ1n) is 11.0. The van der Waals surface area contributed by atoms with Crippen LogP contribution in [0, 0.1) is 40.4 Å². The molecule has 5 heteroatoms. The predicted octanol–water partition coefficient (Wildman–Crippen LogP) is 3.32. The molecule has 4 saturated carbocycles. The maximum atomic E-state index is 13.5. The lowest BCUT2D eigenvalue weighted by atomic mass is 9.44. The van der Waals surface area contributed by atoms with Gasteiger partial charge in [0.1, 0.15) is 12.4 Å². The second kappa shape index (κ2) is 6.93. The molecule has 156 valence electrons. The Bertz CT molecular complexity index is 686. The molecular formula is C23H34O5. The fraction of sp³-hybridized carbons (Fsp3) is 0.870. The molecule has 8 atom stereocenters. The van der Waals surface area contributed by atoms with Crippen molar-refractivity contribution in [2.24, 2.45) is 40.4 Å². The zero-order valence-corrected chi connectivity index (χ0v) is 17.4. The number of ketones is 2. The van der Waals surface area contributed by atoms with E-state index < -0.39 is 5.97 Å². The molecule has 0 bridgehead atoms. The second-order valence-electron chi connectivity index (χ2n) is 10.5. The molecule has 0 spiro atoms. The number of Topliss-reactive ketones (excluding diaryl/α,β-unsaturated/α-hetero) is 2. The Morgan fingerprint density at radius 2 is 1.86 bits per heavy atom. The number of aliphatic hydroxyl groups is 1. The van der Waals surface area contributed by atoms with Crippen LogP contribution in [0.25, 0.3) is 0 Å². The van der Waals surface area contributed by atoms with E-state index in [2.05, 4.69) is 13.8 Å². The number of carbonyl (C=O) groups excluding carboxylic acids is 3. The normalized spacial score (nSPS) is 47.6. The number of rotatable bonds is 3. The molecule has 0 unspecified atom stereocenters. The first-order chi connectivity index (χ1) is 13.2. The number of ether oxygens (including phenoxy) is 1. The number of hydrogen-bond acceptors (Lipinski definition) is 5. The van der Waals surface area contributed by atoms with Crippen molar-refractivity contribution in [3.63, 3.8) is 0 Å². The highest BCUT2D eigenvalue weighted by molar-refractivity contribution is 5.89. The summed E-state index contributed by atoms with van der Waals surface area (Å²) in [6.07, 6.45) is 6.74. The topological polar surface area (TPSA) is 80.7 Å². The van der Waals surface area contributed by atoms with Crippen LogP contribution >= 0.6 is 0 Å². The second-order valence-corrected chi connectivity index (χ2v) is 10.5. The summed E-state index contributed by atoms with van der Waals surface area (Å²) >= 11 is 0. The first-order valence-corrected chi connectivity index (χ1v) is 11.0. The van der Waals surface area contributed by atoms with E-state index in [0.717, 1.165) is 44.9 Å². The highest BCUT2D eigenvalue weighted by atomic mass is 16.5. The largest absolute Gasteiger partial charge is 0.458 e. The molecule has 4 aliphatic carbocycles. The van der Waals surface area contributed by atoms with Gasteiger partial charge in [-0.15, -0.1) is 0 Å². The summed E-state index contributed by atoms with van der Waals surface area (Å²) in [5, 5.41) is 10.1. The van der Waals surface area contributed by atoms with Gasteiger partial charge >= 0.3 is 5.97 Å². The van der Waals surface area contributed by atoms with Gasteiger partial charge in [0.15, 0.2) is 5.78 Å². The number of hydrogen-bond donors (Lipinski definition) is 1. The maximum absolute atomic E-state index is 13.5. The Balaban J connectivity index is 1.58. The Morgan fingerprint density at radius 1 is 1.11 bits per heavy atom. The molecule has 5 nitrogen and oxygen atoms in total. The van der Waals surface area contributed by atoms with E-state index in [1.54, 1.807) is 0 Å². The number of fused-ring (bicyclic) bond motifs is 5. The van der Waals surface area contributed by atoms with Crippen LogP contribution in [0.4, 0.5) is 0 Å². The third kappa shape index (κ3) is 2.96. The van der Waals surface area contributed by atoms with Gasteiger partial charge in [0.2, 0.25) is 0 Å². The Morgan fingerprint density at radius 3 is 2.57 bits per heavy atom. The van der Waals surface area contributed by atoms with Crippen molar-refractivity contribution < 1.29 is 24.2 Å². The summed E-state index contributed by atoms with van der Waals surface area (Å²) in [4.78, 5) is 37.4. The van der Waals surface area contributed by atoms with Crippen molar-refractivity contribution in [3.8, 4) is 0 Å². The Labute approximate surface area is 167 Å². The van der Waals surface area contributed by atoms with Crippen molar-refractivity contribution in [1.29, 1.82) is 0 Å². The van der Waals surface area contributed by atoms with Crippen molar-refractivity contribution >= 4 is 17.5 Å². The van der Waals surface area contributed by atoms with Crippen molar-refractivity contribution in [3.05, 3.63) is 0 Å². The summed E-state index contributed by atoms with van der Waals surface area (Å²) in [6, 6.07) is 0. The fourth-order valence-corrected chi connectivity index (χ4v) is 7.85. The molecule has 1 N–H and O–H groups in total.